The van der Waals surface area contributed by atoms with Crippen LogP contribution in [0.1, 0.15) is 57.4 Å². The zero-order chi connectivity index (χ0) is 18.4. The largest absolute Gasteiger partial charge is 0.273 e. The van der Waals surface area contributed by atoms with Gasteiger partial charge in [-0.25, -0.2) is 5.43 Å². The molecule has 0 saturated heterocycles. The molecule has 6 rings (SSSR count). The molecule has 2 aromatic carbocycles. The highest BCUT2D eigenvalue weighted by molar-refractivity contribution is 6.02. The van der Waals surface area contributed by atoms with Gasteiger partial charge in [-0.15, -0.1) is 0 Å². The summed E-state index contributed by atoms with van der Waals surface area (Å²) in [5.41, 5.74) is 5.04. The van der Waals surface area contributed by atoms with Crippen LogP contribution >= 0.6 is 0 Å². The Labute approximate surface area is 161 Å². The van der Waals surface area contributed by atoms with Crippen LogP contribution in [0.15, 0.2) is 47.6 Å². The number of nitrogens with one attached hydrogen (secondary N) is 1. The van der Waals surface area contributed by atoms with Crippen LogP contribution in [0.25, 0.3) is 10.8 Å². The molecule has 4 aliphatic carbocycles. The minimum absolute atomic E-state index is 0.0945. The predicted molar refractivity (Wildman–Crippen MR) is 110 cm³/mol. The Morgan fingerprint density at radius 3 is 2.30 bits per heavy atom. The van der Waals surface area contributed by atoms with Crippen molar-refractivity contribution in [2.75, 3.05) is 0 Å². The molecule has 0 radical (unpaired) electrons. The van der Waals surface area contributed by atoms with Crippen LogP contribution in [0.5, 0.6) is 0 Å². The van der Waals surface area contributed by atoms with E-state index in [2.05, 4.69) is 40.9 Å². The summed E-state index contributed by atoms with van der Waals surface area (Å²) in [6, 6.07) is 14.6. The first-order valence-corrected chi connectivity index (χ1v) is 10.4. The van der Waals surface area contributed by atoms with Crippen molar-refractivity contribution in [3.8, 4) is 0 Å². The highest BCUT2D eigenvalue weighted by Gasteiger charge is 2.51. The molecular formula is C24H28N2O. The summed E-state index contributed by atoms with van der Waals surface area (Å²) in [7, 11) is 0. The average molecular weight is 361 g/mol. The molecule has 0 unspecified atom stereocenters. The fraction of sp³-hybridized carbons (Fsp3) is 0.500. The minimum atomic E-state index is 0.0945. The van der Waals surface area contributed by atoms with Gasteiger partial charge in [0.15, 0.2) is 0 Å². The van der Waals surface area contributed by atoms with Crippen LogP contribution in [0.3, 0.4) is 0 Å². The number of nitrogens with zero attached hydrogens (tertiary/aromatic N) is 1. The lowest BCUT2D eigenvalue weighted by molar-refractivity contribution is -0.129. The predicted octanol–water partition coefficient (Wildman–Crippen LogP) is 5.29. The third kappa shape index (κ3) is 3.28. The average Bonchev–Trinajstić information content (AvgIpc) is 2.64. The molecule has 4 aliphatic rings. The van der Waals surface area contributed by atoms with E-state index in [0.717, 1.165) is 29.0 Å². The summed E-state index contributed by atoms with van der Waals surface area (Å²) >= 11 is 0. The van der Waals surface area contributed by atoms with Crippen LogP contribution in [-0.2, 0) is 4.79 Å². The number of rotatable bonds is 4. The Morgan fingerprint density at radius 1 is 1.00 bits per heavy atom. The molecule has 0 heterocycles. The lowest BCUT2D eigenvalue weighted by atomic mass is 9.49. The number of benzene rings is 2. The Balaban J connectivity index is 1.26. The number of hydrogen-bond donors (Lipinski definition) is 1. The maximum atomic E-state index is 12.7. The molecular weight excluding hydrogens is 332 g/mol. The van der Waals surface area contributed by atoms with Crippen molar-refractivity contribution < 1.29 is 4.79 Å². The summed E-state index contributed by atoms with van der Waals surface area (Å²) < 4.78 is 0. The third-order valence-corrected chi connectivity index (χ3v) is 7.22. The number of carbonyl (C=O) groups is 1. The van der Waals surface area contributed by atoms with Crippen LogP contribution < -0.4 is 5.43 Å². The van der Waals surface area contributed by atoms with Gasteiger partial charge < -0.3 is 0 Å². The topological polar surface area (TPSA) is 41.5 Å². The fourth-order valence-corrected chi connectivity index (χ4v) is 6.51. The van der Waals surface area contributed by atoms with Gasteiger partial charge in [0.1, 0.15) is 0 Å². The molecule has 4 bridgehead atoms. The maximum absolute atomic E-state index is 12.7. The van der Waals surface area contributed by atoms with Crippen molar-refractivity contribution >= 4 is 22.4 Å². The Bertz CT molecular complexity index is 878. The molecule has 4 saturated carbocycles. The maximum Gasteiger partial charge on any atom is 0.240 e. The van der Waals surface area contributed by atoms with E-state index in [1.807, 2.05) is 19.1 Å². The van der Waals surface area contributed by atoms with Gasteiger partial charge in [0.25, 0.3) is 0 Å². The molecule has 0 atom stereocenters. The SMILES string of the molecule is C/C(=N/NC(=O)CC12CC3CC(CC(C3)C1)C2)c1ccc2ccccc2c1. The number of amides is 1. The van der Waals surface area contributed by atoms with Crippen molar-refractivity contribution in [2.24, 2.45) is 28.3 Å². The van der Waals surface area contributed by atoms with Gasteiger partial charge in [0.05, 0.1) is 5.71 Å². The highest BCUT2D eigenvalue weighted by Crippen LogP contribution is 2.61. The van der Waals surface area contributed by atoms with Crippen molar-refractivity contribution in [2.45, 2.75) is 51.9 Å². The number of hydrogen-bond acceptors (Lipinski definition) is 2. The monoisotopic (exact) mass is 360 g/mol. The molecule has 0 spiro atoms. The van der Waals surface area contributed by atoms with E-state index >= 15 is 0 Å². The summed E-state index contributed by atoms with van der Waals surface area (Å²) in [4.78, 5) is 12.7. The Kier molecular flexibility index (Phi) is 4.07. The first kappa shape index (κ1) is 17.0. The van der Waals surface area contributed by atoms with Gasteiger partial charge in [-0.1, -0.05) is 36.4 Å². The standard InChI is InChI=1S/C24H28N2O/c1-16(21-7-6-20-4-2-3-5-22(20)11-21)25-26-23(27)15-24-12-17-8-18(13-24)10-19(9-17)14-24/h2-7,11,17-19H,8-10,12-15H2,1H3,(H,26,27)/b25-16-. The molecule has 140 valence electrons. The smallest absolute Gasteiger partial charge is 0.240 e. The van der Waals surface area contributed by atoms with E-state index in [0.29, 0.717) is 6.42 Å². The lowest BCUT2D eigenvalue weighted by Gasteiger charge is -2.56. The molecule has 27 heavy (non-hydrogen) atoms. The van der Waals surface area contributed by atoms with Crippen molar-refractivity contribution in [1.29, 1.82) is 0 Å². The van der Waals surface area contributed by atoms with Crippen LogP contribution in [0, 0.1) is 23.2 Å². The van der Waals surface area contributed by atoms with Crippen molar-refractivity contribution in [3.05, 3.63) is 48.0 Å². The van der Waals surface area contributed by atoms with Crippen LogP contribution in [-0.4, -0.2) is 11.6 Å². The second-order valence-corrected chi connectivity index (χ2v) is 9.39. The molecule has 4 fully saturated rings. The van der Waals surface area contributed by atoms with Gasteiger partial charge in [0.2, 0.25) is 5.91 Å². The quantitative estimate of drug-likeness (QED) is 0.584. The van der Waals surface area contributed by atoms with Crippen molar-refractivity contribution in [1.82, 2.24) is 5.43 Å². The highest BCUT2D eigenvalue weighted by atomic mass is 16.2. The van der Waals surface area contributed by atoms with E-state index in [1.54, 1.807) is 0 Å². The van der Waals surface area contributed by atoms with Gasteiger partial charge in [-0.05, 0) is 91.0 Å². The molecule has 1 N–H and O–H groups in total. The van der Waals surface area contributed by atoms with Gasteiger partial charge in [0, 0.05) is 6.42 Å². The van der Waals surface area contributed by atoms with E-state index in [9.17, 15) is 4.79 Å². The molecule has 3 nitrogen and oxygen atoms in total. The van der Waals surface area contributed by atoms with E-state index in [4.69, 9.17) is 0 Å². The zero-order valence-corrected chi connectivity index (χ0v) is 16.1. The molecule has 0 aromatic heterocycles. The third-order valence-electron chi connectivity index (χ3n) is 7.22. The summed E-state index contributed by atoms with van der Waals surface area (Å²) in [5.74, 6) is 2.74. The lowest BCUT2D eigenvalue weighted by Crippen LogP contribution is -2.47. The first-order chi connectivity index (χ1) is 13.1. The molecule has 3 heteroatoms. The van der Waals surface area contributed by atoms with Crippen LogP contribution in [0.2, 0.25) is 0 Å². The zero-order valence-electron chi connectivity index (χ0n) is 16.1. The number of fused-ring (bicyclic) bond motifs is 1. The summed E-state index contributed by atoms with van der Waals surface area (Å²) in [5, 5.41) is 6.84. The number of carbonyl (C=O) groups excluding carboxylic acids is 1. The minimum Gasteiger partial charge on any atom is -0.273 e. The molecule has 1 amide bonds. The van der Waals surface area contributed by atoms with Gasteiger partial charge in [-0.2, -0.15) is 5.10 Å². The van der Waals surface area contributed by atoms with Gasteiger partial charge in [-0.3, -0.25) is 4.79 Å². The summed E-state index contributed by atoms with van der Waals surface area (Å²) in [6.45, 7) is 1.97. The van der Waals surface area contributed by atoms with Crippen molar-refractivity contribution in [3.63, 3.8) is 0 Å². The van der Waals surface area contributed by atoms with E-state index in [-0.39, 0.29) is 11.3 Å². The second-order valence-electron chi connectivity index (χ2n) is 9.39. The first-order valence-electron chi connectivity index (χ1n) is 10.4. The Morgan fingerprint density at radius 2 is 1.63 bits per heavy atom. The van der Waals surface area contributed by atoms with E-state index < -0.39 is 0 Å². The molecule has 0 aliphatic heterocycles. The second kappa shape index (κ2) is 6.47. The molecule has 2 aromatic rings. The van der Waals surface area contributed by atoms with Gasteiger partial charge >= 0.3 is 0 Å². The number of hydrazone groups is 1. The summed E-state index contributed by atoms with van der Waals surface area (Å²) in [6.07, 6.45) is 8.70. The normalized spacial score (nSPS) is 32.0. The van der Waals surface area contributed by atoms with Crippen LogP contribution in [0.4, 0.5) is 0 Å². The van der Waals surface area contributed by atoms with E-state index in [1.165, 1.54) is 49.3 Å². The fourth-order valence-electron chi connectivity index (χ4n) is 6.51. The Hall–Kier alpha value is -2.16.